The fourth-order valence-electron chi connectivity index (χ4n) is 4.57. The van der Waals surface area contributed by atoms with E-state index in [1.54, 1.807) is 6.07 Å². The zero-order valence-corrected chi connectivity index (χ0v) is 19.0. The molecule has 1 unspecified atom stereocenters. The monoisotopic (exact) mass is 453 g/mol. The standard InChI is InChI=1S/C26H32FN3O3/c27-23-10-4-9-22(15-23)16-28-17-24(33-20-21-7-2-1-3-8-21)18-30(26(32)19-28)14-6-13-29-12-5-11-25(29)31/h1-4,7-10,15,24H,5-6,11-14,16-20H2. The molecule has 2 aromatic rings. The lowest BCUT2D eigenvalue weighted by atomic mass is 10.2. The lowest BCUT2D eigenvalue weighted by molar-refractivity contribution is -0.132. The van der Waals surface area contributed by atoms with Crippen molar-refractivity contribution in [2.24, 2.45) is 0 Å². The third kappa shape index (κ3) is 6.85. The van der Waals surface area contributed by atoms with Gasteiger partial charge in [0.05, 0.1) is 19.3 Å². The lowest BCUT2D eigenvalue weighted by Gasteiger charge is -2.26. The minimum atomic E-state index is -0.274. The normalized spacial score (nSPS) is 19.8. The van der Waals surface area contributed by atoms with Gasteiger partial charge in [-0.15, -0.1) is 0 Å². The van der Waals surface area contributed by atoms with Crippen molar-refractivity contribution in [2.75, 3.05) is 39.3 Å². The number of carbonyl (C=O) groups excluding carboxylic acids is 2. The van der Waals surface area contributed by atoms with Crippen molar-refractivity contribution < 1.29 is 18.7 Å². The number of hydrogen-bond donors (Lipinski definition) is 0. The number of carbonyl (C=O) groups is 2. The van der Waals surface area contributed by atoms with Gasteiger partial charge in [0.15, 0.2) is 0 Å². The Morgan fingerprint density at radius 2 is 1.70 bits per heavy atom. The molecule has 2 amide bonds. The maximum atomic E-state index is 13.7. The highest BCUT2D eigenvalue weighted by molar-refractivity contribution is 5.79. The molecule has 2 fully saturated rings. The zero-order chi connectivity index (χ0) is 23.0. The Hall–Kier alpha value is -2.77. The molecule has 33 heavy (non-hydrogen) atoms. The first-order valence-corrected chi connectivity index (χ1v) is 11.7. The number of rotatable bonds is 9. The Labute approximate surface area is 194 Å². The van der Waals surface area contributed by atoms with Gasteiger partial charge in [0, 0.05) is 45.7 Å². The van der Waals surface area contributed by atoms with Crippen LogP contribution in [-0.4, -0.2) is 71.9 Å². The SMILES string of the molecule is O=C1CCCN1CCCN1CC(OCc2ccccc2)CN(Cc2cccc(F)c2)CC1=O. The van der Waals surface area contributed by atoms with E-state index in [0.717, 1.165) is 30.5 Å². The van der Waals surface area contributed by atoms with Crippen molar-refractivity contribution >= 4 is 11.8 Å². The average Bonchev–Trinajstić information content (AvgIpc) is 3.15. The summed E-state index contributed by atoms with van der Waals surface area (Å²) in [6.07, 6.45) is 2.16. The van der Waals surface area contributed by atoms with Crippen molar-refractivity contribution in [3.05, 3.63) is 71.5 Å². The molecule has 2 aliphatic rings. The number of likely N-dealkylation sites (tertiary alicyclic amines) is 1. The van der Waals surface area contributed by atoms with E-state index in [-0.39, 0.29) is 30.3 Å². The summed E-state index contributed by atoms with van der Waals surface area (Å²) in [4.78, 5) is 30.7. The second-order valence-electron chi connectivity index (χ2n) is 8.90. The van der Waals surface area contributed by atoms with E-state index in [1.807, 2.05) is 51.1 Å². The summed E-state index contributed by atoms with van der Waals surface area (Å²) in [5, 5.41) is 0. The second-order valence-corrected chi connectivity index (χ2v) is 8.90. The van der Waals surface area contributed by atoms with E-state index in [4.69, 9.17) is 4.74 Å². The van der Waals surface area contributed by atoms with E-state index < -0.39 is 0 Å². The van der Waals surface area contributed by atoms with Gasteiger partial charge in [-0.25, -0.2) is 4.39 Å². The summed E-state index contributed by atoms with van der Waals surface area (Å²) in [6, 6.07) is 16.5. The molecule has 0 aliphatic carbocycles. The molecule has 0 radical (unpaired) electrons. The first kappa shape index (κ1) is 23.4. The van der Waals surface area contributed by atoms with Gasteiger partial charge in [-0.3, -0.25) is 14.5 Å². The Morgan fingerprint density at radius 1 is 0.909 bits per heavy atom. The van der Waals surface area contributed by atoms with Crippen LogP contribution < -0.4 is 0 Å². The molecule has 0 aromatic heterocycles. The van der Waals surface area contributed by atoms with Gasteiger partial charge < -0.3 is 14.5 Å². The van der Waals surface area contributed by atoms with Crippen LogP contribution in [0.4, 0.5) is 4.39 Å². The molecule has 7 heteroatoms. The quantitative estimate of drug-likeness (QED) is 0.586. The van der Waals surface area contributed by atoms with E-state index in [0.29, 0.717) is 45.8 Å². The van der Waals surface area contributed by atoms with Crippen molar-refractivity contribution in [3.63, 3.8) is 0 Å². The molecular weight excluding hydrogens is 421 g/mol. The molecule has 0 spiro atoms. The largest absolute Gasteiger partial charge is 0.370 e. The highest BCUT2D eigenvalue weighted by atomic mass is 19.1. The Morgan fingerprint density at radius 3 is 2.45 bits per heavy atom. The van der Waals surface area contributed by atoms with Gasteiger partial charge >= 0.3 is 0 Å². The lowest BCUT2D eigenvalue weighted by Crippen LogP contribution is -2.39. The van der Waals surface area contributed by atoms with Crippen LogP contribution in [-0.2, 0) is 27.5 Å². The molecule has 4 rings (SSSR count). The molecule has 2 aliphatic heterocycles. The maximum absolute atomic E-state index is 13.7. The molecule has 1 atom stereocenters. The first-order chi connectivity index (χ1) is 16.1. The summed E-state index contributed by atoms with van der Waals surface area (Å²) >= 11 is 0. The number of benzene rings is 2. The van der Waals surface area contributed by atoms with Gasteiger partial charge in [-0.05, 0) is 36.1 Å². The van der Waals surface area contributed by atoms with Crippen LogP contribution in [0.2, 0.25) is 0 Å². The molecule has 2 aromatic carbocycles. The molecule has 2 heterocycles. The summed E-state index contributed by atoms with van der Waals surface area (Å²) in [5.41, 5.74) is 1.93. The van der Waals surface area contributed by atoms with Crippen molar-refractivity contribution in [1.29, 1.82) is 0 Å². The zero-order valence-electron chi connectivity index (χ0n) is 19.0. The van der Waals surface area contributed by atoms with Crippen molar-refractivity contribution in [2.45, 2.75) is 38.5 Å². The van der Waals surface area contributed by atoms with Crippen LogP contribution in [0.1, 0.15) is 30.4 Å². The van der Waals surface area contributed by atoms with Crippen LogP contribution in [0.3, 0.4) is 0 Å². The summed E-state index contributed by atoms with van der Waals surface area (Å²) < 4.78 is 19.9. The molecule has 2 saturated heterocycles. The van der Waals surface area contributed by atoms with E-state index in [9.17, 15) is 14.0 Å². The molecule has 0 saturated carbocycles. The number of ether oxygens (including phenoxy) is 1. The van der Waals surface area contributed by atoms with E-state index in [2.05, 4.69) is 0 Å². The van der Waals surface area contributed by atoms with Crippen molar-refractivity contribution in [3.8, 4) is 0 Å². The predicted octanol–water partition coefficient (Wildman–Crippen LogP) is 3.07. The van der Waals surface area contributed by atoms with Gasteiger partial charge in [-0.2, -0.15) is 0 Å². The van der Waals surface area contributed by atoms with Crippen LogP contribution in [0.15, 0.2) is 54.6 Å². The summed E-state index contributed by atoms with van der Waals surface area (Å²) in [5.74, 6) is -0.0175. The van der Waals surface area contributed by atoms with Crippen LogP contribution in [0.5, 0.6) is 0 Å². The number of hydrogen-bond acceptors (Lipinski definition) is 4. The highest BCUT2D eigenvalue weighted by Gasteiger charge is 2.29. The molecule has 0 N–H and O–H groups in total. The fraction of sp³-hybridized carbons (Fsp3) is 0.462. The van der Waals surface area contributed by atoms with Crippen molar-refractivity contribution in [1.82, 2.24) is 14.7 Å². The Bertz CT molecular complexity index is 939. The Kier molecular flexibility index (Phi) is 8.07. The maximum Gasteiger partial charge on any atom is 0.236 e. The Balaban J connectivity index is 1.40. The van der Waals surface area contributed by atoms with Crippen LogP contribution in [0, 0.1) is 5.82 Å². The predicted molar refractivity (Wildman–Crippen MR) is 124 cm³/mol. The second kappa shape index (κ2) is 11.4. The highest BCUT2D eigenvalue weighted by Crippen LogP contribution is 2.16. The topological polar surface area (TPSA) is 53.1 Å². The van der Waals surface area contributed by atoms with Gasteiger partial charge in [0.2, 0.25) is 11.8 Å². The van der Waals surface area contributed by atoms with Crippen LogP contribution in [0.25, 0.3) is 0 Å². The minimum Gasteiger partial charge on any atom is -0.370 e. The van der Waals surface area contributed by atoms with Gasteiger partial charge in [0.25, 0.3) is 0 Å². The number of amides is 2. The van der Waals surface area contributed by atoms with Crippen LogP contribution >= 0.6 is 0 Å². The molecular formula is C26H32FN3O3. The smallest absolute Gasteiger partial charge is 0.236 e. The molecule has 0 bridgehead atoms. The van der Waals surface area contributed by atoms with Gasteiger partial charge in [0.1, 0.15) is 5.82 Å². The molecule has 6 nitrogen and oxygen atoms in total. The fourth-order valence-corrected chi connectivity index (χ4v) is 4.57. The third-order valence-electron chi connectivity index (χ3n) is 6.25. The van der Waals surface area contributed by atoms with Gasteiger partial charge in [-0.1, -0.05) is 42.5 Å². The third-order valence-corrected chi connectivity index (χ3v) is 6.25. The first-order valence-electron chi connectivity index (χ1n) is 11.7. The van der Waals surface area contributed by atoms with E-state index >= 15 is 0 Å². The number of halogens is 1. The minimum absolute atomic E-state index is 0.0463. The average molecular weight is 454 g/mol. The number of nitrogens with zero attached hydrogens (tertiary/aromatic N) is 3. The van der Waals surface area contributed by atoms with E-state index in [1.165, 1.54) is 12.1 Å². The molecule has 176 valence electrons. The summed E-state index contributed by atoms with van der Waals surface area (Å²) in [7, 11) is 0. The summed E-state index contributed by atoms with van der Waals surface area (Å²) in [6.45, 7) is 4.44.